The molecule has 0 amide bonds. The molecule has 4 aromatic rings. The van der Waals surface area contributed by atoms with E-state index in [1.54, 1.807) is 53.0 Å². The van der Waals surface area contributed by atoms with Crippen LogP contribution in [0.15, 0.2) is 72.6 Å². The lowest BCUT2D eigenvalue weighted by Crippen LogP contribution is -2.30. The summed E-state index contributed by atoms with van der Waals surface area (Å²) >= 11 is 3.17. The molecule has 1 aliphatic rings. The van der Waals surface area contributed by atoms with Crippen molar-refractivity contribution < 1.29 is 42.9 Å². The van der Waals surface area contributed by atoms with Crippen LogP contribution >= 0.6 is 22.7 Å². The molecular formula is C37H39NO9S2. The number of unbranched alkanes of at least 4 members (excludes halogenated alkanes) is 3. The summed E-state index contributed by atoms with van der Waals surface area (Å²) in [4.78, 5) is 54.4. The summed E-state index contributed by atoms with van der Waals surface area (Å²) in [6, 6.07) is 16.6. The number of fused-ring (bicyclic) bond motifs is 1. The average molecular weight is 706 g/mol. The number of nitrogens with zero attached hydrogens (tertiary/aromatic N) is 1. The Bertz CT molecular complexity index is 1710. The van der Waals surface area contributed by atoms with Crippen molar-refractivity contribution in [2.45, 2.75) is 63.9 Å². The maximum atomic E-state index is 13.1. The van der Waals surface area contributed by atoms with Gasteiger partial charge in [-0.3, -0.25) is 9.59 Å². The summed E-state index contributed by atoms with van der Waals surface area (Å²) in [5.74, 6) is -0.747. The zero-order valence-electron chi connectivity index (χ0n) is 27.1. The third-order valence-corrected chi connectivity index (χ3v) is 10.0. The molecule has 10 nitrogen and oxygen atoms in total. The van der Waals surface area contributed by atoms with E-state index in [0.29, 0.717) is 61.5 Å². The molecule has 0 bridgehead atoms. The molecule has 258 valence electrons. The van der Waals surface area contributed by atoms with Gasteiger partial charge in [-0.05, 0) is 99.2 Å². The van der Waals surface area contributed by atoms with Gasteiger partial charge in [0, 0.05) is 6.08 Å². The molecule has 49 heavy (non-hydrogen) atoms. The molecule has 2 heterocycles. The predicted molar refractivity (Wildman–Crippen MR) is 187 cm³/mol. The van der Waals surface area contributed by atoms with E-state index in [-0.39, 0.29) is 37.0 Å². The number of esters is 4. The first-order valence-corrected chi connectivity index (χ1v) is 18.1. The van der Waals surface area contributed by atoms with E-state index in [4.69, 9.17) is 28.7 Å². The number of aromatic nitrogens is 1. The van der Waals surface area contributed by atoms with Gasteiger partial charge in [0.15, 0.2) is 0 Å². The molecule has 0 atom stereocenters. The predicted octanol–water partition coefficient (Wildman–Crippen LogP) is 7.95. The summed E-state index contributed by atoms with van der Waals surface area (Å²) in [5, 5.41) is 2.89. The minimum absolute atomic E-state index is 0.0169. The smallest absolute Gasteiger partial charge is 0.340 e. The lowest BCUT2D eigenvalue weighted by molar-refractivity contribution is -0.147. The number of rotatable bonds is 17. The third kappa shape index (κ3) is 10.7. The Kier molecular flexibility index (Phi) is 13.3. The van der Waals surface area contributed by atoms with E-state index in [0.717, 1.165) is 46.3 Å². The van der Waals surface area contributed by atoms with Crippen LogP contribution in [0.3, 0.4) is 0 Å². The van der Waals surface area contributed by atoms with E-state index >= 15 is 0 Å². The Morgan fingerprint density at radius 3 is 2.33 bits per heavy atom. The number of hydrogen-bond acceptors (Lipinski definition) is 12. The van der Waals surface area contributed by atoms with E-state index in [1.807, 2.05) is 29.6 Å². The number of benzene rings is 2. The number of hydrogen-bond donors (Lipinski definition) is 0. The van der Waals surface area contributed by atoms with Gasteiger partial charge >= 0.3 is 23.9 Å². The fraction of sp³-hybridized carbons (Fsp3) is 0.378. The average Bonchev–Trinajstić information content (AvgIpc) is 3.81. The first-order valence-electron chi connectivity index (χ1n) is 16.4. The zero-order chi connectivity index (χ0) is 34.4. The second kappa shape index (κ2) is 18.3. The van der Waals surface area contributed by atoms with Gasteiger partial charge in [0.2, 0.25) is 0 Å². The van der Waals surface area contributed by atoms with Gasteiger partial charge in [0.1, 0.15) is 29.2 Å². The molecule has 0 unspecified atom stereocenters. The fourth-order valence-electron chi connectivity index (χ4n) is 5.35. The normalized spacial score (nSPS) is 15.7. The molecule has 1 saturated carbocycles. The molecule has 2 aromatic heterocycles. The number of ether oxygens (including phenoxy) is 5. The molecule has 12 heteroatoms. The van der Waals surface area contributed by atoms with Crippen LogP contribution in [0.1, 0.15) is 68.1 Å². The lowest BCUT2D eigenvalue weighted by Gasteiger charge is -2.27. The van der Waals surface area contributed by atoms with Crippen molar-refractivity contribution in [3.63, 3.8) is 0 Å². The van der Waals surface area contributed by atoms with Crippen molar-refractivity contribution in [1.29, 1.82) is 0 Å². The number of carbonyl (C=O) groups is 4. The third-order valence-electron chi connectivity index (χ3n) is 7.98. The van der Waals surface area contributed by atoms with Gasteiger partial charge < -0.3 is 23.7 Å². The quantitative estimate of drug-likeness (QED) is 0.0351. The minimum Gasteiger partial charge on any atom is -0.494 e. The SMILES string of the molecule is C=CC(=O)OCCC(=O)OCCCCCCOc1ccc(OC(=O)[C@H]2CC[C@H](OC(=O)c3cccc4sc(-c5cccs5)nc34)CC2)cc1. The molecule has 0 aliphatic heterocycles. The Morgan fingerprint density at radius 1 is 0.837 bits per heavy atom. The van der Waals surface area contributed by atoms with Crippen LogP contribution in [0.4, 0.5) is 0 Å². The van der Waals surface area contributed by atoms with Crippen LogP contribution in [0, 0.1) is 5.92 Å². The fourth-order valence-corrected chi connectivity index (χ4v) is 7.14. The highest BCUT2D eigenvalue weighted by atomic mass is 32.1. The molecule has 0 spiro atoms. The van der Waals surface area contributed by atoms with Crippen LogP contribution in [0.5, 0.6) is 11.5 Å². The molecular weight excluding hydrogens is 667 g/mol. The molecule has 0 radical (unpaired) electrons. The van der Waals surface area contributed by atoms with E-state index in [1.165, 1.54) is 0 Å². The molecule has 1 fully saturated rings. The second-order valence-electron chi connectivity index (χ2n) is 11.5. The van der Waals surface area contributed by atoms with E-state index in [2.05, 4.69) is 6.58 Å². The van der Waals surface area contributed by atoms with Gasteiger partial charge in [0.05, 0.1) is 46.2 Å². The highest BCUT2D eigenvalue weighted by Gasteiger charge is 2.30. The monoisotopic (exact) mass is 705 g/mol. The summed E-state index contributed by atoms with van der Waals surface area (Å²) in [5.41, 5.74) is 1.12. The summed E-state index contributed by atoms with van der Waals surface area (Å²) < 4.78 is 28.1. The van der Waals surface area contributed by atoms with Crippen molar-refractivity contribution in [1.82, 2.24) is 4.98 Å². The molecule has 2 aromatic carbocycles. The number of para-hydroxylation sites is 1. The molecule has 1 aliphatic carbocycles. The number of thiazole rings is 1. The Morgan fingerprint density at radius 2 is 1.59 bits per heavy atom. The van der Waals surface area contributed by atoms with Crippen molar-refractivity contribution in [2.75, 3.05) is 19.8 Å². The topological polar surface area (TPSA) is 127 Å². The standard InChI is InChI=1S/C37H39NO9S2/c1-2-32(39)45-23-20-33(40)44-22-6-4-3-5-21-43-26-16-18-28(19-17-26)46-36(41)25-12-14-27(15-13-25)47-37(42)29-9-7-10-30-34(29)38-35(49-30)31-11-8-24-48-31/h2,7-11,16-19,24-25,27H,1,3-6,12-15,20-23H2/t25-,27-. The van der Waals surface area contributed by atoms with Gasteiger partial charge in [-0.1, -0.05) is 18.7 Å². The number of thiophene rings is 1. The van der Waals surface area contributed by atoms with Gasteiger partial charge in [-0.25, -0.2) is 14.6 Å². The van der Waals surface area contributed by atoms with E-state index in [9.17, 15) is 19.2 Å². The highest BCUT2D eigenvalue weighted by Crippen LogP contribution is 2.35. The Balaban J connectivity index is 0.948. The summed E-state index contributed by atoms with van der Waals surface area (Å²) in [7, 11) is 0. The van der Waals surface area contributed by atoms with Crippen molar-refractivity contribution >= 4 is 56.8 Å². The highest BCUT2D eigenvalue weighted by molar-refractivity contribution is 7.25. The van der Waals surface area contributed by atoms with Gasteiger partial charge in [0.25, 0.3) is 0 Å². The van der Waals surface area contributed by atoms with Gasteiger partial charge in [-0.2, -0.15) is 0 Å². The zero-order valence-corrected chi connectivity index (χ0v) is 28.8. The van der Waals surface area contributed by atoms with Gasteiger partial charge in [-0.15, -0.1) is 22.7 Å². The molecule has 0 saturated heterocycles. The van der Waals surface area contributed by atoms with E-state index < -0.39 is 11.9 Å². The summed E-state index contributed by atoms with van der Waals surface area (Å²) in [6.07, 6.45) is 6.55. The maximum absolute atomic E-state index is 13.1. The second-order valence-corrected chi connectivity index (χ2v) is 13.5. The van der Waals surface area contributed by atoms with Crippen molar-refractivity contribution in [2.24, 2.45) is 5.92 Å². The molecule has 5 rings (SSSR count). The maximum Gasteiger partial charge on any atom is 0.340 e. The van der Waals surface area contributed by atoms with Crippen LogP contribution in [-0.2, 0) is 28.6 Å². The van der Waals surface area contributed by atoms with Crippen LogP contribution in [-0.4, -0.2) is 54.8 Å². The van der Waals surface area contributed by atoms with Crippen LogP contribution in [0.25, 0.3) is 20.1 Å². The Labute approximate surface area is 293 Å². The largest absolute Gasteiger partial charge is 0.494 e. The lowest BCUT2D eigenvalue weighted by atomic mass is 9.87. The summed E-state index contributed by atoms with van der Waals surface area (Å²) in [6.45, 7) is 4.14. The van der Waals surface area contributed by atoms with Crippen LogP contribution < -0.4 is 9.47 Å². The minimum atomic E-state index is -0.562. The van der Waals surface area contributed by atoms with Crippen LogP contribution in [0.2, 0.25) is 0 Å². The number of carbonyl (C=O) groups excluding carboxylic acids is 4. The first kappa shape index (κ1) is 35.7. The Hall–Kier alpha value is -4.55. The first-order chi connectivity index (χ1) is 23.9. The van der Waals surface area contributed by atoms with Crippen molar-refractivity contribution in [3.05, 3.63) is 78.2 Å². The van der Waals surface area contributed by atoms with Crippen molar-refractivity contribution in [3.8, 4) is 21.4 Å². The molecule has 0 N–H and O–H groups in total.